The molecule has 0 bridgehead atoms. The summed E-state index contributed by atoms with van der Waals surface area (Å²) in [5.74, 6) is -0.368. The molecule has 0 rings (SSSR count). The van der Waals surface area contributed by atoms with Crippen molar-refractivity contribution in [3.05, 3.63) is 19.6 Å². The summed E-state index contributed by atoms with van der Waals surface area (Å²) in [6.45, 7) is 9.22. The predicted octanol–water partition coefficient (Wildman–Crippen LogP) is 1.81. The molecule has 0 unspecified atom stereocenters. The van der Waals surface area contributed by atoms with Crippen molar-refractivity contribution >= 4 is 10.1 Å². The van der Waals surface area contributed by atoms with E-state index in [0.29, 0.717) is 0 Å². The van der Waals surface area contributed by atoms with Crippen molar-refractivity contribution in [3.8, 4) is 0 Å². The van der Waals surface area contributed by atoms with E-state index in [9.17, 15) is 8.42 Å². The summed E-state index contributed by atoms with van der Waals surface area (Å²) < 4.78 is 27.3. The topological polar surface area (TPSA) is 54.4 Å². The van der Waals surface area contributed by atoms with Crippen LogP contribution < -0.4 is 29.6 Å². The fraction of sp³-hybridized carbons (Fsp3) is 0.800. The first-order chi connectivity index (χ1) is 8.97. The minimum atomic E-state index is -3.79. The molecule has 116 valence electrons. The minimum Gasteiger partial charge on any atom is -0.343 e. The summed E-state index contributed by atoms with van der Waals surface area (Å²) >= 11 is 0. The summed E-state index contributed by atoms with van der Waals surface area (Å²) in [6, 6.07) is 0. The second-order valence-corrected chi connectivity index (χ2v) is 6.22. The van der Waals surface area contributed by atoms with E-state index in [4.69, 9.17) is 4.55 Å². The third-order valence-electron chi connectivity index (χ3n) is 2.68. The van der Waals surface area contributed by atoms with Crippen LogP contribution in [-0.4, -0.2) is 18.7 Å². The fourth-order valence-electron chi connectivity index (χ4n) is 1.64. The Morgan fingerprint density at radius 1 is 1.00 bits per heavy atom. The second-order valence-electron chi connectivity index (χ2n) is 4.72. The Bertz CT molecular complexity index is 267. The van der Waals surface area contributed by atoms with Crippen molar-refractivity contribution < 1.29 is 42.5 Å². The van der Waals surface area contributed by atoms with Gasteiger partial charge in [0.1, 0.15) is 0 Å². The van der Waals surface area contributed by atoms with E-state index in [1.807, 2.05) is 0 Å². The molecule has 5 heteroatoms. The van der Waals surface area contributed by atoms with Gasteiger partial charge in [0.25, 0.3) is 10.1 Å². The zero-order chi connectivity index (χ0) is 15.0. The molecule has 0 atom stereocenters. The molecule has 0 aromatic rings. The first-order valence-electron chi connectivity index (χ1n) is 7.33. The van der Waals surface area contributed by atoms with Crippen molar-refractivity contribution in [3.63, 3.8) is 0 Å². The predicted molar refractivity (Wildman–Crippen MR) is 83.8 cm³/mol. The molecule has 0 aromatic heterocycles. The Kier molecular flexibility index (Phi) is 25.1. The molecule has 0 aliphatic carbocycles. The van der Waals surface area contributed by atoms with E-state index in [-0.39, 0.29) is 35.3 Å². The van der Waals surface area contributed by atoms with Crippen molar-refractivity contribution in [2.24, 2.45) is 0 Å². The van der Waals surface area contributed by atoms with Gasteiger partial charge in [0.05, 0.1) is 5.75 Å². The van der Waals surface area contributed by atoms with Crippen LogP contribution >= 0.6 is 0 Å². The zero-order valence-corrected chi connectivity index (χ0v) is 16.3. The van der Waals surface area contributed by atoms with Gasteiger partial charge in [0.15, 0.2) is 0 Å². The van der Waals surface area contributed by atoms with Crippen LogP contribution in [0.3, 0.4) is 0 Å². The van der Waals surface area contributed by atoms with Gasteiger partial charge in [-0.25, -0.2) is 0 Å². The molecule has 20 heavy (non-hydrogen) atoms. The molecule has 0 fully saturated rings. The molecule has 0 saturated heterocycles. The summed E-state index contributed by atoms with van der Waals surface area (Å²) in [6.07, 6.45) is 15.0. The monoisotopic (exact) mass is 314 g/mol. The summed E-state index contributed by atoms with van der Waals surface area (Å²) in [4.78, 5) is 0. The fourth-order valence-corrected chi connectivity index (χ4v) is 1.93. The standard InChI is InChI=1S/C12H25.C3H6O3S.Na/c1-3-5-7-9-11-12-10-8-6-4-2;1-2-3-7(4,5)6;/h1,3-12H2,2H3;2H,1,3H2,(H,4,5,6);/q-1;;+1. The van der Waals surface area contributed by atoms with Crippen LogP contribution in [0, 0.1) is 6.92 Å². The average Bonchev–Trinajstić information content (AvgIpc) is 2.32. The molecule has 0 spiro atoms. The van der Waals surface area contributed by atoms with Gasteiger partial charge in [-0.1, -0.05) is 70.8 Å². The van der Waals surface area contributed by atoms with Gasteiger partial charge in [-0.2, -0.15) is 14.8 Å². The van der Waals surface area contributed by atoms with Crippen molar-refractivity contribution in [2.45, 2.75) is 71.1 Å². The molecule has 0 radical (unpaired) electrons. The quantitative estimate of drug-likeness (QED) is 0.208. The van der Waals surface area contributed by atoms with E-state index in [0.717, 1.165) is 12.5 Å². The van der Waals surface area contributed by atoms with Crippen LogP contribution in [0.2, 0.25) is 0 Å². The molecule has 0 saturated carbocycles. The average molecular weight is 314 g/mol. The van der Waals surface area contributed by atoms with Gasteiger partial charge in [0.2, 0.25) is 0 Å². The number of rotatable bonds is 11. The zero-order valence-electron chi connectivity index (χ0n) is 13.4. The van der Waals surface area contributed by atoms with Gasteiger partial charge in [-0.3, -0.25) is 4.55 Å². The summed E-state index contributed by atoms with van der Waals surface area (Å²) in [5, 5.41) is 0. The Morgan fingerprint density at radius 3 is 1.65 bits per heavy atom. The molecule has 0 amide bonds. The number of hydrogen-bond acceptors (Lipinski definition) is 2. The molecular formula is C15H31NaO3S. The van der Waals surface area contributed by atoms with E-state index >= 15 is 0 Å². The second kappa shape index (κ2) is 19.7. The van der Waals surface area contributed by atoms with Crippen LogP contribution in [0.1, 0.15) is 71.1 Å². The van der Waals surface area contributed by atoms with Crippen molar-refractivity contribution in [1.29, 1.82) is 0 Å². The van der Waals surface area contributed by atoms with Gasteiger partial charge >= 0.3 is 29.6 Å². The van der Waals surface area contributed by atoms with Crippen LogP contribution in [0.15, 0.2) is 12.7 Å². The molecule has 3 nitrogen and oxygen atoms in total. The summed E-state index contributed by atoms with van der Waals surface area (Å²) in [5.41, 5.74) is 0. The molecule has 1 N–H and O–H groups in total. The molecule has 0 aliphatic heterocycles. The molecule has 0 heterocycles. The van der Waals surface area contributed by atoms with Crippen molar-refractivity contribution in [2.75, 3.05) is 5.75 Å². The first kappa shape index (κ1) is 25.6. The van der Waals surface area contributed by atoms with E-state index in [1.54, 1.807) is 0 Å². The first-order valence-corrected chi connectivity index (χ1v) is 8.94. The molecular weight excluding hydrogens is 283 g/mol. The third-order valence-corrected chi connectivity index (χ3v) is 3.34. The van der Waals surface area contributed by atoms with Crippen LogP contribution in [-0.2, 0) is 10.1 Å². The number of unbranched alkanes of at least 4 members (excludes halogenated alkanes) is 9. The van der Waals surface area contributed by atoms with Gasteiger partial charge in [-0.05, 0) is 0 Å². The van der Waals surface area contributed by atoms with E-state index in [1.165, 1.54) is 57.8 Å². The molecule has 0 aromatic carbocycles. The number of hydrogen-bond donors (Lipinski definition) is 1. The summed E-state index contributed by atoms with van der Waals surface area (Å²) in [7, 11) is -3.79. The third kappa shape index (κ3) is 31.2. The van der Waals surface area contributed by atoms with Crippen LogP contribution in [0.5, 0.6) is 0 Å². The maximum absolute atomic E-state index is 9.72. The maximum atomic E-state index is 9.72. The maximum Gasteiger partial charge on any atom is 1.00 e. The Labute approximate surface area is 148 Å². The Hall–Kier alpha value is 0.650. The largest absolute Gasteiger partial charge is 1.00 e. The van der Waals surface area contributed by atoms with E-state index in [2.05, 4.69) is 20.4 Å². The smallest absolute Gasteiger partial charge is 0.343 e. The van der Waals surface area contributed by atoms with Crippen LogP contribution in [0.4, 0.5) is 0 Å². The minimum absolute atomic E-state index is 0. The molecule has 0 aliphatic rings. The van der Waals surface area contributed by atoms with Crippen LogP contribution in [0.25, 0.3) is 0 Å². The van der Waals surface area contributed by atoms with Gasteiger partial charge in [0, 0.05) is 0 Å². The normalized spacial score (nSPS) is 10.2. The van der Waals surface area contributed by atoms with Gasteiger partial charge in [-0.15, -0.1) is 6.58 Å². The van der Waals surface area contributed by atoms with Gasteiger partial charge < -0.3 is 6.92 Å². The Morgan fingerprint density at radius 2 is 1.40 bits per heavy atom. The van der Waals surface area contributed by atoms with Crippen molar-refractivity contribution in [1.82, 2.24) is 0 Å². The van der Waals surface area contributed by atoms with E-state index < -0.39 is 10.1 Å². The Balaban J connectivity index is -0.000000312. The SMILES string of the molecule is C=CCS(=O)(=O)O.[CH2-]CCCCCCCCCCC.[Na+].